The molecule has 1 amide bonds. The Labute approximate surface area is 152 Å². The van der Waals surface area contributed by atoms with Crippen molar-refractivity contribution < 1.29 is 9.18 Å². The molecule has 1 aromatic carbocycles. The Hall–Kier alpha value is -2.48. The van der Waals surface area contributed by atoms with Gasteiger partial charge in [0.05, 0.1) is 17.5 Å². The molecule has 25 heavy (non-hydrogen) atoms. The lowest BCUT2D eigenvalue weighted by molar-refractivity contribution is 0.0999. The number of benzene rings is 1. The molecule has 2 heterocycles. The highest BCUT2D eigenvalue weighted by Gasteiger charge is 2.16. The Kier molecular flexibility index (Phi) is 4.47. The monoisotopic (exact) mass is 405 g/mol. The van der Waals surface area contributed by atoms with Gasteiger partial charge < -0.3 is 15.6 Å². The largest absolute Gasteiger partial charge is 0.366 e. The Morgan fingerprint density at radius 3 is 2.72 bits per heavy atom. The first-order valence-electron chi connectivity index (χ1n) is 7.68. The third-order valence-electron chi connectivity index (χ3n) is 3.91. The summed E-state index contributed by atoms with van der Waals surface area (Å²) >= 11 is 3.34. The fourth-order valence-corrected chi connectivity index (χ4v) is 3.06. The minimum absolute atomic E-state index is 0.128. The number of hydrogen-bond donors (Lipinski definition) is 2. The van der Waals surface area contributed by atoms with Crippen LogP contribution in [0, 0.1) is 12.7 Å². The number of nitrogens with one attached hydrogen (secondary N) is 1. The highest BCUT2D eigenvalue weighted by molar-refractivity contribution is 9.10. The van der Waals surface area contributed by atoms with Crippen LogP contribution in [-0.2, 0) is 0 Å². The van der Waals surface area contributed by atoms with Gasteiger partial charge >= 0.3 is 0 Å². The fraction of sp³-hybridized carbons (Fsp3) is 0.235. The molecule has 130 valence electrons. The van der Waals surface area contributed by atoms with Crippen LogP contribution in [0.4, 0.5) is 15.9 Å². The summed E-state index contributed by atoms with van der Waals surface area (Å²) < 4.78 is 16.9. The van der Waals surface area contributed by atoms with Crippen molar-refractivity contribution in [3.05, 3.63) is 46.1 Å². The number of amides is 1. The number of imidazole rings is 1. The first-order chi connectivity index (χ1) is 11.8. The zero-order valence-electron chi connectivity index (χ0n) is 14.0. The van der Waals surface area contributed by atoms with E-state index in [0.717, 1.165) is 11.0 Å². The van der Waals surface area contributed by atoms with Crippen LogP contribution < -0.4 is 11.1 Å². The number of carbonyl (C=O) groups is 1. The zero-order valence-corrected chi connectivity index (χ0v) is 15.6. The number of nitrogens with two attached hydrogens (primary N) is 1. The van der Waals surface area contributed by atoms with Gasteiger partial charge in [-0.25, -0.2) is 14.4 Å². The van der Waals surface area contributed by atoms with E-state index in [1.54, 1.807) is 19.3 Å². The molecule has 0 radical (unpaired) electrons. The molecule has 0 aliphatic carbocycles. The van der Waals surface area contributed by atoms with Gasteiger partial charge in [0.1, 0.15) is 15.9 Å². The second-order valence-corrected chi connectivity index (χ2v) is 6.86. The number of primary amides is 1. The van der Waals surface area contributed by atoms with Crippen molar-refractivity contribution in [2.45, 2.75) is 26.8 Å². The molecule has 0 aliphatic rings. The minimum atomic E-state index is -0.611. The smallest absolute Gasteiger partial charge is 0.249 e. The highest BCUT2D eigenvalue weighted by Crippen LogP contribution is 2.30. The lowest BCUT2D eigenvalue weighted by Gasteiger charge is -2.14. The first-order valence-corrected chi connectivity index (χ1v) is 8.47. The molecule has 0 spiro atoms. The Balaban J connectivity index is 2.17. The number of halogens is 2. The number of aryl methyl sites for hydroxylation is 1. The van der Waals surface area contributed by atoms with Crippen LogP contribution in [0.1, 0.15) is 35.8 Å². The van der Waals surface area contributed by atoms with E-state index in [-0.39, 0.29) is 17.3 Å². The van der Waals surface area contributed by atoms with Crippen LogP contribution in [0.3, 0.4) is 0 Å². The van der Waals surface area contributed by atoms with Gasteiger partial charge in [0, 0.05) is 11.6 Å². The van der Waals surface area contributed by atoms with E-state index in [9.17, 15) is 9.18 Å². The van der Waals surface area contributed by atoms with Gasteiger partial charge in [-0.3, -0.25) is 4.79 Å². The minimum Gasteiger partial charge on any atom is -0.366 e. The van der Waals surface area contributed by atoms with Crippen LogP contribution in [0.5, 0.6) is 0 Å². The lowest BCUT2D eigenvalue weighted by Crippen LogP contribution is -2.14. The predicted octanol–water partition coefficient (Wildman–Crippen LogP) is 4.06. The van der Waals surface area contributed by atoms with Crippen molar-refractivity contribution >= 4 is 44.4 Å². The molecule has 0 saturated carbocycles. The molecule has 8 heteroatoms. The van der Waals surface area contributed by atoms with Crippen molar-refractivity contribution in [1.82, 2.24) is 14.5 Å². The molecule has 6 nitrogen and oxygen atoms in total. The molecule has 0 atom stereocenters. The number of anilines is 2. The van der Waals surface area contributed by atoms with Gasteiger partial charge in [0.15, 0.2) is 5.82 Å². The average molecular weight is 406 g/mol. The van der Waals surface area contributed by atoms with Crippen molar-refractivity contribution in [2.75, 3.05) is 5.32 Å². The summed E-state index contributed by atoms with van der Waals surface area (Å²) in [5, 5.41) is 2.98. The maximum atomic E-state index is 14.4. The molecule has 3 aromatic rings. The molecule has 3 rings (SSSR count). The van der Waals surface area contributed by atoms with E-state index >= 15 is 0 Å². The molecular formula is C17H17BrFN5O. The quantitative estimate of drug-likeness (QED) is 0.640. The lowest BCUT2D eigenvalue weighted by atomic mass is 10.1. The fourth-order valence-electron chi connectivity index (χ4n) is 2.67. The summed E-state index contributed by atoms with van der Waals surface area (Å²) in [4.78, 5) is 20.3. The third kappa shape index (κ3) is 3.21. The van der Waals surface area contributed by atoms with Crippen molar-refractivity contribution in [2.24, 2.45) is 5.73 Å². The van der Waals surface area contributed by atoms with Gasteiger partial charge in [-0.05, 0) is 60.5 Å². The second kappa shape index (κ2) is 6.44. The third-order valence-corrected chi connectivity index (χ3v) is 4.32. The van der Waals surface area contributed by atoms with Crippen LogP contribution in [0.15, 0.2) is 29.1 Å². The summed E-state index contributed by atoms with van der Waals surface area (Å²) in [6.45, 7) is 5.67. The molecule has 0 unspecified atom stereocenters. The standard InChI is InChI=1S/C17H17BrFN5O/c1-8(2)24-7-21-13-6-14(18)23-17(15(13)24)22-12-5-10(16(20)25)9(3)4-11(12)19/h4-8H,1-3H3,(H2,20,25)(H,22,23). The Morgan fingerprint density at radius 1 is 1.36 bits per heavy atom. The number of rotatable bonds is 4. The second-order valence-electron chi connectivity index (χ2n) is 6.04. The Bertz CT molecular complexity index is 983. The van der Waals surface area contributed by atoms with Gasteiger partial charge in [-0.1, -0.05) is 0 Å². The summed E-state index contributed by atoms with van der Waals surface area (Å²) in [7, 11) is 0. The summed E-state index contributed by atoms with van der Waals surface area (Å²) in [5.74, 6) is -0.665. The topological polar surface area (TPSA) is 85.8 Å². The predicted molar refractivity (Wildman–Crippen MR) is 98.6 cm³/mol. The maximum Gasteiger partial charge on any atom is 0.249 e. The summed E-state index contributed by atoms with van der Waals surface area (Å²) in [6.07, 6.45) is 1.72. The van der Waals surface area contributed by atoms with Crippen molar-refractivity contribution in [1.29, 1.82) is 0 Å². The van der Waals surface area contributed by atoms with Crippen molar-refractivity contribution in [3.8, 4) is 0 Å². The van der Waals surface area contributed by atoms with Crippen LogP contribution in [0.25, 0.3) is 11.0 Å². The van der Waals surface area contributed by atoms with E-state index in [4.69, 9.17) is 5.73 Å². The van der Waals surface area contributed by atoms with E-state index in [2.05, 4.69) is 31.2 Å². The van der Waals surface area contributed by atoms with Gasteiger partial charge in [-0.2, -0.15) is 0 Å². The Morgan fingerprint density at radius 2 is 2.08 bits per heavy atom. The van der Waals surface area contributed by atoms with E-state index < -0.39 is 11.7 Å². The van der Waals surface area contributed by atoms with Gasteiger partial charge in [0.2, 0.25) is 5.91 Å². The van der Waals surface area contributed by atoms with Crippen molar-refractivity contribution in [3.63, 3.8) is 0 Å². The SMILES string of the molecule is Cc1cc(F)c(Nc2nc(Br)cc3ncn(C(C)C)c23)cc1C(N)=O. The molecule has 0 saturated heterocycles. The molecular weight excluding hydrogens is 389 g/mol. The first kappa shape index (κ1) is 17.3. The van der Waals surface area contributed by atoms with Gasteiger partial charge in [0.25, 0.3) is 0 Å². The van der Waals surface area contributed by atoms with Crippen LogP contribution in [-0.4, -0.2) is 20.4 Å². The van der Waals surface area contributed by atoms with E-state index in [1.807, 2.05) is 18.4 Å². The van der Waals surface area contributed by atoms with Crippen LogP contribution >= 0.6 is 15.9 Å². The summed E-state index contributed by atoms with van der Waals surface area (Å²) in [6, 6.07) is 4.62. The number of hydrogen-bond acceptors (Lipinski definition) is 4. The average Bonchev–Trinajstić information content (AvgIpc) is 2.93. The molecule has 0 aliphatic heterocycles. The molecule has 0 fully saturated rings. The molecule has 2 aromatic heterocycles. The zero-order chi connectivity index (χ0) is 18.3. The number of pyridine rings is 1. The maximum absolute atomic E-state index is 14.4. The van der Waals surface area contributed by atoms with Gasteiger partial charge in [-0.15, -0.1) is 0 Å². The highest BCUT2D eigenvalue weighted by atomic mass is 79.9. The van der Waals surface area contributed by atoms with Crippen LogP contribution in [0.2, 0.25) is 0 Å². The molecule has 0 bridgehead atoms. The molecule has 3 N–H and O–H groups in total. The number of fused-ring (bicyclic) bond motifs is 1. The normalized spacial score (nSPS) is 11.3. The number of aromatic nitrogens is 3. The number of nitrogens with zero attached hydrogens (tertiary/aromatic N) is 3. The van der Waals surface area contributed by atoms with E-state index in [0.29, 0.717) is 16.0 Å². The number of carbonyl (C=O) groups excluding carboxylic acids is 1. The summed E-state index contributed by atoms with van der Waals surface area (Å²) in [5.41, 5.74) is 7.70. The van der Waals surface area contributed by atoms with E-state index in [1.165, 1.54) is 12.1 Å².